The molecule has 1 saturated heterocycles. The number of hydrogen-bond donors (Lipinski definition) is 1. The zero-order chi connectivity index (χ0) is 14.7. The third-order valence-corrected chi connectivity index (χ3v) is 5.36. The van der Waals surface area contributed by atoms with Crippen molar-refractivity contribution in [2.45, 2.75) is 51.7 Å². The van der Waals surface area contributed by atoms with Gasteiger partial charge in [0.15, 0.2) is 9.84 Å². The first-order valence-corrected chi connectivity index (χ1v) is 8.63. The van der Waals surface area contributed by atoms with Crippen molar-refractivity contribution in [2.75, 3.05) is 24.6 Å². The summed E-state index contributed by atoms with van der Waals surface area (Å²) in [5.74, 6) is 0.464. The maximum absolute atomic E-state index is 11.5. The van der Waals surface area contributed by atoms with Gasteiger partial charge in [0.2, 0.25) is 0 Å². The first-order valence-electron chi connectivity index (χ1n) is 6.81. The van der Waals surface area contributed by atoms with Gasteiger partial charge < -0.3 is 0 Å². The molecule has 19 heavy (non-hydrogen) atoms. The van der Waals surface area contributed by atoms with Crippen LogP contribution >= 0.6 is 0 Å². The van der Waals surface area contributed by atoms with Gasteiger partial charge in [-0.1, -0.05) is 0 Å². The van der Waals surface area contributed by atoms with E-state index in [9.17, 15) is 13.7 Å². The van der Waals surface area contributed by atoms with E-state index < -0.39 is 15.4 Å². The predicted molar refractivity (Wildman–Crippen MR) is 76.6 cm³/mol. The monoisotopic (exact) mass is 287 g/mol. The fraction of sp³-hybridized carbons (Fsp3) is 0.923. The van der Waals surface area contributed by atoms with Gasteiger partial charge in [-0.25, -0.2) is 8.42 Å². The van der Waals surface area contributed by atoms with Crippen molar-refractivity contribution < 1.29 is 8.42 Å². The Bertz CT molecular complexity index is 441. The van der Waals surface area contributed by atoms with E-state index in [-0.39, 0.29) is 23.6 Å². The second-order valence-corrected chi connectivity index (χ2v) is 8.22. The SMILES string of the molecule is CC(C)NC(C)(C#N)CCN1CCS(=O)(=O)CC1C. The van der Waals surface area contributed by atoms with Crippen LogP contribution in [0.15, 0.2) is 0 Å². The summed E-state index contributed by atoms with van der Waals surface area (Å²) in [7, 11) is -2.87. The average Bonchev–Trinajstić information content (AvgIpc) is 2.26. The third kappa shape index (κ3) is 5.09. The largest absolute Gasteiger partial charge is 0.299 e. The molecule has 110 valence electrons. The molecule has 1 N–H and O–H groups in total. The molecule has 0 aromatic rings. The number of nitrogens with one attached hydrogen (secondary N) is 1. The van der Waals surface area contributed by atoms with Gasteiger partial charge in [-0.3, -0.25) is 10.2 Å². The van der Waals surface area contributed by atoms with Crippen molar-refractivity contribution in [1.29, 1.82) is 5.26 Å². The molecule has 0 amide bonds. The molecule has 0 aliphatic carbocycles. The summed E-state index contributed by atoms with van der Waals surface area (Å²) in [5.41, 5.74) is -0.551. The smallest absolute Gasteiger partial charge is 0.153 e. The molecule has 0 aromatic heterocycles. The lowest BCUT2D eigenvalue weighted by Crippen LogP contribution is -2.51. The third-order valence-electron chi connectivity index (χ3n) is 3.56. The molecule has 1 aliphatic heterocycles. The van der Waals surface area contributed by atoms with E-state index in [0.717, 1.165) is 6.54 Å². The zero-order valence-corrected chi connectivity index (χ0v) is 13.1. The summed E-state index contributed by atoms with van der Waals surface area (Å²) >= 11 is 0. The Morgan fingerprint density at radius 3 is 2.63 bits per heavy atom. The molecule has 1 fully saturated rings. The predicted octanol–water partition coefficient (Wildman–Crippen LogP) is 0.776. The van der Waals surface area contributed by atoms with Gasteiger partial charge in [0.1, 0.15) is 5.54 Å². The van der Waals surface area contributed by atoms with Crippen molar-refractivity contribution in [1.82, 2.24) is 10.2 Å². The summed E-state index contributed by atoms with van der Waals surface area (Å²) in [6, 6.07) is 2.62. The summed E-state index contributed by atoms with van der Waals surface area (Å²) < 4.78 is 23.0. The van der Waals surface area contributed by atoms with Gasteiger partial charge in [-0.05, 0) is 34.1 Å². The van der Waals surface area contributed by atoms with Gasteiger partial charge in [-0.15, -0.1) is 0 Å². The van der Waals surface area contributed by atoms with Crippen molar-refractivity contribution in [3.8, 4) is 6.07 Å². The maximum atomic E-state index is 11.5. The molecule has 0 saturated carbocycles. The Morgan fingerprint density at radius 2 is 2.16 bits per heavy atom. The topological polar surface area (TPSA) is 73.2 Å². The standard InChI is InChI=1S/C13H25N3O2S/c1-11(2)15-13(4,10-14)5-6-16-7-8-19(17,18)9-12(16)3/h11-12,15H,5-9H2,1-4H3. The highest BCUT2D eigenvalue weighted by molar-refractivity contribution is 7.91. The van der Waals surface area contributed by atoms with Gasteiger partial charge in [0, 0.05) is 25.2 Å². The van der Waals surface area contributed by atoms with E-state index in [1.807, 2.05) is 27.7 Å². The van der Waals surface area contributed by atoms with Crippen LogP contribution in [0.2, 0.25) is 0 Å². The highest BCUT2D eigenvalue weighted by atomic mass is 32.2. The maximum Gasteiger partial charge on any atom is 0.153 e. The number of sulfone groups is 1. The molecule has 0 spiro atoms. The van der Waals surface area contributed by atoms with E-state index in [4.69, 9.17) is 0 Å². The second-order valence-electron chi connectivity index (χ2n) is 5.99. The zero-order valence-electron chi connectivity index (χ0n) is 12.3. The lowest BCUT2D eigenvalue weighted by Gasteiger charge is -2.35. The fourth-order valence-electron chi connectivity index (χ4n) is 2.53. The van der Waals surface area contributed by atoms with Gasteiger partial charge >= 0.3 is 0 Å². The minimum atomic E-state index is -2.87. The van der Waals surface area contributed by atoms with Gasteiger partial charge in [0.05, 0.1) is 17.6 Å². The minimum absolute atomic E-state index is 0.0424. The fourth-order valence-corrected chi connectivity index (χ4v) is 4.16. The quantitative estimate of drug-likeness (QED) is 0.809. The lowest BCUT2D eigenvalue weighted by atomic mass is 9.98. The van der Waals surface area contributed by atoms with Crippen molar-refractivity contribution in [3.05, 3.63) is 0 Å². The van der Waals surface area contributed by atoms with E-state index in [2.05, 4.69) is 16.3 Å². The normalized spacial score (nSPS) is 26.8. The number of nitriles is 1. The van der Waals surface area contributed by atoms with Crippen LogP contribution in [0, 0.1) is 11.3 Å². The second kappa shape index (κ2) is 6.21. The summed E-state index contributed by atoms with van der Waals surface area (Å²) in [5, 5.41) is 12.6. The highest BCUT2D eigenvalue weighted by Gasteiger charge is 2.31. The first kappa shape index (κ1) is 16.4. The molecule has 0 radical (unpaired) electrons. The van der Waals surface area contributed by atoms with Crippen LogP contribution in [0.5, 0.6) is 0 Å². The van der Waals surface area contributed by atoms with Crippen molar-refractivity contribution >= 4 is 9.84 Å². The van der Waals surface area contributed by atoms with Crippen LogP contribution < -0.4 is 5.32 Å². The number of rotatable bonds is 5. The Morgan fingerprint density at radius 1 is 1.53 bits per heavy atom. The molecule has 5 nitrogen and oxygen atoms in total. The summed E-state index contributed by atoms with van der Waals surface area (Å²) in [4.78, 5) is 2.17. The summed E-state index contributed by atoms with van der Waals surface area (Å²) in [6.07, 6.45) is 0.700. The molecule has 1 aliphatic rings. The van der Waals surface area contributed by atoms with Gasteiger partial charge in [0.25, 0.3) is 0 Å². The van der Waals surface area contributed by atoms with E-state index >= 15 is 0 Å². The highest BCUT2D eigenvalue weighted by Crippen LogP contribution is 2.16. The van der Waals surface area contributed by atoms with E-state index in [0.29, 0.717) is 13.0 Å². The van der Waals surface area contributed by atoms with Crippen LogP contribution in [-0.4, -0.2) is 55.5 Å². The van der Waals surface area contributed by atoms with Crippen molar-refractivity contribution in [3.63, 3.8) is 0 Å². The molecular formula is C13H25N3O2S. The molecule has 6 heteroatoms. The number of nitrogens with zero attached hydrogens (tertiary/aromatic N) is 2. The van der Waals surface area contributed by atoms with Gasteiger partial charge in [-0.2, -0.15) is 5.26 Å². The lowest BCUT2D eigenvalue weighted by molar-refractivity contribution is 0.203. The first-order chi connectivity index (χ1) is 8.67. The van der Waals surface area contributed by atoms with Crippen molar-refractivity contribution in [2.24, 2.45) is 0 Å². The Hall–Kier alpha value is -0.640. The molecule has 0 bridgehead atoms. The minimum Gasteiger partial charge on any atom is -0.299 e. The Kier molecular flexibility index (Phi) is 5.36. The van der Waals surface area contributed by atoms with Crippen LogP contribution in [0.1, 0.15) is 34.1 Å². The summed E-state index contributed by atoms with van der Waals surface area (Å²) in [6.45, 7) is 9.21. The van der Waals surface area contributed by atoms with E-state index in [1.165, 1.54) is 0 Å². The Labute approximate surface area is 116 Å². The van der Waals surface area contributed by atoms with Crippen LogP contribution in [0.4, 0.5) is 0 Å². The number of hydrogen-bond acceptors (Lipinski definition) is 5. The molecule has 2 atom stereocenters. The molecule has 2 unspecified atom stereocenters. The Balaban J connectivity index is 2.55. The van der Waals surface area contributed by atoms with Crippen LogP contribution in [0.3, 0.4) is 0 Å². The van der Waals surface area contributed by atoms with Crippen LogP contribution in [-0.2, 0) is 9.84 Å². The average molecular weight is 287 g/mol. The van der Waals surface area contributed by atoms with E-state index in [1.54, 1.807) is 0 Å². The molecule has 1 heterocycles. The molecular weight excluding hydrogens is 262 g/mol. The molecule has 0 aromatic carbocycles. The molecule has 1 rings (SSSR count). The van der Waals surface area contributed by atoms with Crippen LogP contribution in [0.25, 0.3) is 0 Å².